The predicted octanol–water partition coefficient (Wildman–Crippen LogP) is 3.70. The Morgan fingerprint density at radius 2 is 1.62 bits per heavy atom. The molecule has 0 bridgehead atoms. The minimum absolute atomic E-state index is 0.0557. The van der Waals surface area contributed by atoms with Crippen molar-refractivity contribution in [3.05, 3.63) is 78.1 Å². The zero-order valence-electron chi connectivity index (χ0n) is 21.1. The second-order valence-electron chi connectivity index (χ2n) is 8.68. The molecule has 1 aliphatic rings. The highest BCUT2D eigenvalue weighted by atomic mass is 32.2. The van der Waals surface area contributed by atoms with Crippen LogP contribution in [0.1, 0.15) is 5.56 Å². The Kier molecular flexibility index (Phi) is 7.87. The maximum atomic E-state index is 14.2. The molecule has 0 aliphatic carbocycles. The van der Waals surface area contributed by atoms with Crippen LogP contribution in [0.4, 0.5) is 15.8 Å². The first-order valence-electron chi connectivity index (χ1n) is 11.8. The summed E-state index contributed by atoms with van der Waals surface area (Å²) in [6, 6.07) is 17.7. The molecule has 0 N–H and O–H groups in total. The summed E-state index contributed by atoms with van der Waals surface area (Å²) in [7, 11) is -1.22. The third-order valence-electron chi connectivity index (χ3n) is 6.37. The van der Waals surface area contributed by atoms with Crippen LogP contribution in [-0.4, -0.2) is 66.2 Å². The molecule has 1 aliphatic heterocycles. The number of ether oxygens (including phenoxy) is 2. The fourth-order valence-corrected chi connectivity index (χ4v) is 5.67. The molecule has 196 valence electrons. The minimum atomic E-state index is -4.13. The summed E-state index contributed by atoms with van der Waals surface area (Å²) >= 11 is 0. The number of halogens is 1. The van der Waals surface area contributed by atoms with Crippen LogP contribution in [0.5, 0.6) is 11.5 Å². The maximum Gasteiger partial charge on any atom is 0.264 e. The second kappa shape index (κ2) is 11.1. The Hall–Kier alpha value is -3.79. The predicted molar refractivity (Wildman–Crippen MR) is 140 cm³/mol. The van der Waals surface area contributed by atoms with Gasteiger partial charge in [0.15, 0.2) is 0 Å². The third kappa shape index (κ3) is 5.64. The lowest BCUT2D eigenvalue weighted by Gasteiger charge is -2.37. The summed E-state index contributed by atoms with van der Waals surface area (Å²) < 4.78 is 53.7. The van der Waals surface area contributed by atoms with Crippen LogP contribution in [0.15, 0.2) is 71.6 Å². The number of carbonyl (C=O) groups excluding carboxylic acids is 1. The highest BCUT2D eigenvalue weighted by Crippen LogP contribution is 2.36. The first-order chi connectivity index (χ1) is 17.7. The van der Waals surface area contributed by atoms with E-state index in [0.717, 1.165) is 9.87 Å². The number of anilines is 2. The van der Waals surface area contributed by atoms with Crippen molar-refractivity contribution < 1.29 is 27.1 Å². The van der Waals surface area contributed by atoms with E-state index in [9.17, 15) is 17.6 Å². The first kappa shape index (κ1) is 26.3. The molecule has 0 atom stereocenters. The van der Waals surface area contributed by atoms with E-state index in [0.29, 0.717) is 37.6 Å². The fourth-order valence-electron chi connectivity index (χ4n) is 4.26. The number of carbonyl (C=O) groups is 1. The maximum absolute atomic E-state index is 14.2. The van der Waals surface area contributed by atoms with E-state index >= 15 is 0 Å². The van der Waals surface area contributed by atoms with Gasteiger partial charge in [0, 0.05) is 32.2 Å². The molecule has 0 aromatic heterocycles. The van der Waals surface area contributed by atoms with Crippen molar-refractivity contribution in [2.24, 2.45) is 0 Å². The van der Waals surface area contributed by atoms with Gasteiger partial charge in [-0.1, -0.05) is 29.8 Å². The molecule has 1 heterocycles. The monoisotopic (exact) mass is 527 g/mol. The Morgan fingerprint density at radius 1 is 0.946 bits per heavy atom. The number of para-hydroxylation sites is 1. The number of hydrogen-bond acceptors (Lipinski definition) is 6. The number of piperazine rings is 1. The lowest BCUT2D eigenvalue weighted by molar-refractivity contribution is -0.129. The normalized spacial score (nSPS) is 13.8. The van der Waals surface area contributed by atoms with Gasteiger partial charge in [0.05, 0.1) is 30.5 Å². The summed E-state index contributed by atoms with van der Waals surface area (Å²) in [5, 5.41) is 0. The van der Waals surface area contributed by atoms with Crippen molar-refractivity contribution in [1.29, 1.82) is 0 Å². The van der Waals surface area contributed by atoms with Gasteiger partial charge in [0.2, 0.25) is 5.91 Å². The average Bonchev–Trinajstić information content (AvgIpc) is 2.91. The molecule has 10 heteroatoms. The van der Waals surface area contributed by atoms with Crippen LogP contribution in [-0.2, 0) is 14.8 Å². The Bertz CT molecular complexity index is 1360. The largest absolute Gasteiger partial charge is 0.497 e. The highest BCUT2D eigenvalue weighted by molar-refractivity contribution is 7.92. The fraction of sp³-hybridized carbons (Fsp3) is 0.296. The van der Waals surface area contributed by atoms with Gasteiger partial charge >= 0.3 is 0 Å². The number of sulfonamides is 1. The molecule has 0 saturated carbocycles. The van der Waals surface area contributed by atoms with Gasteiger partial charge in [0.1, 0.15) is 23.9 Å². The second-order valence-corrected chi connectivity index (χ2v) is 10.5. The number of amides is 1. The molecule has 1 fully saturated rings. The van der Waals surface area contributed by atoms with Crippen molar-refractivity contribution in [1.82, 2.24) is 4.90 Å². The molecule has 0 unspecified atom stereocenters. The van der Waals surface area contributed by atoms with Gasteiger partial charge in [-0.3, -0.25) is 9.10 Å². The SMILES string of the molecule is COc1ccc(OC)c(N(CC(=O)N2CCN(c3ccccc3F)CC2)S(=O)(=O)c2ccc(C)cc2)c1. The van der Waals surface area contributed by atoms with E-state index in [1.807, 2.05) is 11.8 Å². The lowest BCUT2D eigenvalue weighted by atomic mass is 10.2. The number of nitrogens with zero attached hydrogens (tertiary/aromatic N) is 3. The summed E-state index contributed by atoms with van der Waals surface area (Å²) in [6.07, 6.45) is 0. The van der Waals surface area contributed by atoms with E-state index in [1.165, 1.54) is 38.5 Å². The molecule has 0 radical (unpaired) electrons. The van der Waals surface area contributed by atoms with Crippen LogP contribution in [0.3, 0.4) is 0 Å². The quantitative estimate of drug-likeness (QED) is 0.445. The Morgan fingerprint density at radius 3 is 2.24 bits per heavy atom. The van der Waals surface area contributed by atoms with E-state index in [1.54, 1.807) is 47.4 Å². The van der Waals surface area contributed by atoms with Crippen LogP contribution in [0.2, 0.25) is 0 Å². The lowest BCUT2D eigenvalue weighted by Crippen LogP contribution is -2.52. The van der Waals surface area contributed by atoms with Gasteiger partial charge in [-0.15, -0.1) is 0 Å². The highest BCUT2D eigenvalue weighted by Gasteiger charge is 2.32. The van der Waals surface area contributed by atoms with Gasteiger partial charge in [-0.25, -0.2) is 12.8 Å². The Balaban J connectivity index is 1.62. The molecule has 3 aromatic rings. The van der Waals surface area contributed by atoms with Crippen molar-refractivity contribution in [3.8, 4) is 11.5 Å². The van der Waals surface area contributed by atoms with E-state index in [2.05, 4.69) is 0 Å². The average molecular weight is 528 g/mol. The van der Waals surface area contributed by atoms with E-state index in [-0.39, 0.29) is 28.1 Å². The molecule has 1 saturated heterocycles. The van der Waals surface area contributed by atoms with E-state index in [4.69, 9.17) is 9.47 Å². The number of benzene rings is 3. The van der Waals surface area contributed by atoms with Crippen molar-refractivity contribution >= 4 is 27.3 Å². The summed E-state index contributed by atoms with van der Waals surface area (Å²) in [5.41, 5.74) is 1.59. The number of aryl methyl sites for hydroxylation is 1. The molecule has 37 heavy (non-hydrogen) atoms. The van der Waals surface area contributed by atoms with Crippen molar-refractivity contribution in [2.45, 2.75) is 11.8 Å². The van der Waals surface area contributed by atoms with Gasteiger partial charge in [0.25, 0.3) is 10.0 Å². The molecule has 3 aromatic carbocycles. The molecular weight excluding hydrogens is 497 g/mol. The van der Waals surface area contributed by atoms with Crippen LogP contribution >= 0.6 is 0 Å². The van der Waals surface area contributed by atoms with Gasteiger partial charge in [-0.05, 0) is 43.3 Å². The summed E-state index contributed by atoms with van der Waals surface area (Å²) in [6.45, 7) is 2.96. The molecule has 8 nitrogen and oxygen atoms in total. The van der Waals surface area contributed by atoms with Crippen molar-refractivity contribution in [3.63, 3.8) is 0 Å². The standard InChI is InChI=1S/C27H30FN3O5S/c1-20-8-11-22(12-9-20)37(33,34)31(25-18-21(35-2)10-13-26(25)36-3)19-27(32)30-16-14-29(15-17-30)24-7-5-4-6-23(24)28/h4-13,18H,14-17,19H2,1-3H3. The smallest absolute Gasteiger partial charge is 0.264 e. The van der Waals surface area contributed by atoms with Crippen molar-refractivity contribution in [2.75, 3.05) is 56.1 Å². The molecule has 1 amide bonds. The zero-order valence-corrected chi connectivity index (χ0v) is 21.9. The van der Waals surface area contributed by atoms with E-state index < -0.39 is 16.6 Å². The summed E-state index contributed by atoms with van der Waals surface area (Å²) in [4.78, 5) is 17.0. The third-order valence-corrected chi connectivity index (χ3v) is 8.14. The number of methoxy groups -OCH3 is 2. The first-order valence-corrected chi connectivity index (χ1v) is 13.3. The molecular formula is C27H30FN3O5S. The number of rotatable bonds is 8. The topological polar surface area (TPSA) is 79.4 Å². The minimum Gasteiger partial charge on any atom is -0.497 e. The number of hydrogen-bond donors (Lipinski definition) is 0. The van der Waals surface area contributed by atoms with Crippen LogP contribution < -0.4 is 18.7 Å². The van der Waals surface area contributed by atoms with Crippen LogP contribution in [0.25, 0.3) is 0 Å². The van der Waals surface area contributed by atoms with Gasteiger partial charge < -0.3 is 19.3 Å². The Labute approximate surface area is 216 Å². The molecule has 0 spiro atoms. The molecule has 4 rings (SSSR count). The zero-order chi connectivity index (χ0) is 26.6. The summed E-state index contributed by atoms with van der Waals surface area (Å²) in [5.74, 6) is 0.0241. The van der Waals surface area contributed by atoms with Gasteiger partial charge in [-0.2, -0.15) is 0 Å². The van der Waals surface area contributed by atoms with Crippen LogP contribution in [0, 0.1) is 12.7 Å².